The van der Waals surface area contributed by atoms with Crippen LogP contribution < -0.4 is 5.73 Å². The molecule has 2 rings (SSSR count). The van der Waals surface area contributed by atoms with Crippen molar-refractivity contribution in [3.8, 4) is 0 Å². The second-order valence-corrected chi connectivity index (χ2v) is 6.24. The zero-order valence-corrected chi connectivity index (χ0v) is 12.0. The predicted octanol–water partition coefficient (Wildman–Crippen LogP) is 3.02. The number of ether oxygens (including phenoxy) is 1. The van der Waals surface area contributed by atoms with E-state index in [0.29, 0.717) is 18.0 Å². The van der Waals surface area contributed by atoms with Gasteiger partial charge in [0.1, 0.15) is 5.60 Å². The van der Waals surface area contributed by atoms with Gasteiger partial charge in [-0.05, 0) is 75.8 Å². The van der Waals surface area contributed by atoms with E-state index in [-0.39, 0.29) is 5.97 Å². The highest BCUT2D eigenvalue weighted by atomic mass is 16.6. The lowest BCUT2D eigenvalue weighted by atomic mass is 9.82. The first-order chi connectivity index (χ1) is 8.90. The van der Waals surface area contributed by atoms with Crippen molar-refractivity contribution < 1.29 is 9.53 Å². The van der Waals surface area contributed by atoms with E-state index < -0.39 is 5.60 Å². The highest BCUT2D eigenvalue weighted by Crippen LogP contribution is 2.31. The third-order valence-corrected chi connectivity index (χ3v) is 3.50. The molecule has 0 fully saturated rings. The van der Waals surface area contributed by atoms with Gasteiger partial charge < -0.3 is 10.5 Å². The van der Waals surface area contributed by atoms with Gasteiger partial charge in [-0.25, -0.2) is 4.79 Å². The molecule has 19 heavy (non-hydrogen) atoms. The zero-order chi connectivity index (χ0) is 14.0. The maximum atomic E-state index is 12.1. The summed E-state index contributed by atoms with van der Waals surface area (Å²) in [5, 5.41) is 0. The Morgan fingerprint density at radius 2 is 2.16 bits per heavy atom. The molecule has 1 aromatic rings. The molecule has 2 N–H and O–H groups in total. The van der Waals surface area contributed by atoms with Crippen LogP contribution in [-0.2, 0) is 11.2 Å². The molecule has 104 valence electrons. The van der Waals surface area contributed by atoms with E-state index >= 15 is 0 Å². The van der Waals surface area contributed by atoms with E-state index in [9.17, 15) is 4.79 Å². The fourth-order valence-corrected chi connectivity index (χ4v) is 2.61. The first kappa shape index (κ1) is 14.1. The predicted molar refractivity (Wildman–Crippen MR) is 76.3 cm³/mol. The molecule has 0 radical (unpaired) electrons. The zero-order valence-electron chi connectivity index (χ0n) is 12.0. The van der Waals surface area contributed by atoms with Crippen LogP contribution in [0.1, 0.15) is 61.0 Å². The standard InChI is InChI=1S/C16H23NO2/c1-16(2,3)19-15(18)12-8-7-11-5-4-6-13(10-17)14(11)9-12/h7-9,13H,4-6,10,17H2,1-3H3. The second-order valence-electron chi connectivity index (χ2n) is 6.24. The molecule has 0 aromatic heterocycles. The van der Waals surface area contributed by atoms with Gasteiger partial charge in [0.15, 0.2) is 0 Å². The molecule has 3 heteroatoms. The van der Waals surface area contributed by atoms with Crippen molar-refractivity contribution in [1.82, 2.24) is 0 Å². The van der Waals surface area contributed by atoms with Gasteiger partial charge in [0, 0.05) is 0 Å². The Hall–Kier alpha value is -1.35. The smallest absolute Gasteiger partial charge is 0.338 e. The molecular formula is C16H23NO2. The molecule has 0 heterocycles. The Balaban J connectivity index is 2.27. The Morgan fingerprint density at radius 1 is 1.42 bits per heavy atom. The molecule has 1 unspecified atom stereocenters. The van der Waals surface area contributed by atoms with Crippen molar-refractivity contribution in [3.63, 3.8) is 0 Å². The normalized spacial score (nSPS) is 18.8. The number of esters is 1. The van der Waals surface area contributed by atoms with Gasteiger partial charge in [-0.1, -0.05) is 6.07 Å². The summed E-state index contributed by atoms with van der Waals surface area (Å²) in [7, 11) is 0. The van der Waals surface area contributed by atoms with Gasteiger partial charge in [-0.15, -0.1) is 0 Å². The molecule has 1 aromatic carbocycles. The van der Waals surface area contributed by atoms with E-state index in [1.165, 1.54) is 17.5 Å². The topological polar surface area (TPSA) is 52.3 Å². The average Bonchev–Trinajstić information content (AvgIpc) is 2.35. The quantitative estimate of drug-likeness (QED) is 0.833. The van der Waals surface area contributed by atoms with Crippen LogP contribution in [0.3, 0.4) is 0 Å². The highest BCUT2D eigenvalue weighted by Gasteiger charge is 2.22. The summed E-state index contributed by atoms with van der Waals surface area (Å²) in [6, 6.07) is 5.89. The molecule has 3 nitrogen and oxygen atoms in total. The number of carbonyl (C=O) groups excluding carboxylic acids is 1. The third-order valence-electron chi connectivity index (χ3n) is 3.50. The number of fused-ring (bicyclic) bond motifs is 1. The maximum Gasteiger partial charge on any atom is 0.338 e. The number of nitrogens with two attached hydrogens (primary N) is 1. The lowest BCUT2D eigenvalue weighted by molar-refractivity contribution is 0.00693. The first-order valence-corrected chi connectivity index (χ1v) is 6.97. The average molecular weight is 261 g/mol. The number of benzene rings is 1. The van der Waals surface area contributed by atoms with Crippen LogP contribution in [0.15, 0.2) is 18.2 Å². The Labute approximate surface area is 115 Å². The number of rotatable bonds is 2. The van der Waals surface area contributed by atoms with Crippen LogP contribution in [-0.4, -0.2) is 18.1 Å². The first-order valence-electron chi connectivity index (χ1n) is 6.97. The number of carbonyl (C=O) groups is 1. The fraction of sp³-hybridized carbons (Fsp3) is 0.562. The van der Waals surface area contributed by atoms with Gasteiger partial charge >= 0.3 is 5.97 Å². The molecule has 0 saturated heterocycles. The minimum absolute atomic E-state index is 0.253. The lowest BCUT2D eigenvalue weighted by Gasteiger charge is -2.25. The van der Waals surface area contributed by atoms with Crippen LogP contribution in [0.5, 0.6) is 0 Å². The van der Waals surface area contributed by atoms with Gasteiger partial charge in [0.2, 0.25) is 0 Å². The van der Waals surface area contributed by atoms with E-state index in [4.69, 9.17) is 10.5 Å². The highest BCUT2D eigenvalue weighted by molar-refractivity contribution is 5.90. The van der Waals surface area contributed by atoms with Crippen LogP contribution in [0, 0.1) is 0 Å². The van der Waals surface area contributed by atoms with Gasteiger partial charge in [0.25, 0.3) is 0 Å². The van der Waals surface area contributed by atoms with Gasteiger partial charge in [0.05, 0.1) is 5.56 Å². The Kier molecular flexibility index (Phi) is 3.95. The number of hydrogen-bond acceptors (Lipinski definition) is 3. The summed E-state index contributed by atoms with van der Waals surface area (Å²) in [5.41, 5.74) is 8.57. The third kappa shape index (κ3) is 3.35. The number of aryl methyl sites for hydroxylation is 1. The van der Waals surface area contributed by atoms with Crippen LogP contribution in [0.25, 0.3) is 0 Å². The van der Waals surface area contributed by atoms with Crippen molar-refractivity contribution in [3.05, 3.63) is 34.9 Å². The van der Waals surface area contributed by atoms with Crippen LogP contribution in [0.4, 0.5) is 0 Å². The lowest BCUT2D eigenvalue weighted by Crippen LogP contribution is -2.24. The molecule has 1 atom stereocenters. The summed E-state index contributed by atoms with van der Waals surface area (Å²) in [6.07, 6.45) is 3.38. The monoisotopic (exact) mass is 261 g/mol. The molecule has 1 aliphatic rings. The molecule has 0 spiro atoms. The molecule has 0 saturated carbocycles. The van der Waals surface area contributed by atoms with Crippen LogP contribution in [0.2, 0.25) is 0 Å². The van der Waals surface area contributed by atoms with E-state index in [1.807, 2.05) is 32.9 Å². The van der Waals surface area contributed by atoms with Gasteiger partial charge in [-0.3, -0.25) is 0 Å². The molecule has 0 aliphatic heterocycles. The Bertz CT molecular complexity index is 474. The summed E-state index contributed by atoms with van der Waals surface area (Å²) in [4.78, 5) is 12.1. The van der Waals surface area contributed by atoms with Crippen molar-refractivity contribution in [2.45, 2.75) is 51.6 Å². The maximum absolute atomic E-state index is 12.1. The summed E-state index contributed by atoms with van der Waals surface area (Å²) in [5.74, 6) is 0.128. The minimum Gasteiger partial charge on any atom is -0.456 e. The van der Waals surface area contributed by atoms with Crippen molar-refractivity contribution in [2.75, 3.05) is 6.54 Å². The second kappa shape index (κ2) is 5.33. The van der Waals surface area contributed by atoms with E-state index in [0.717, 1.165) is 12.8 Å². The van der Waals surface area contributed by atoms with Crippen molar-refractivity contribution in [1.29, 1.82) is 0 Å². The van der Waals surface area contributed by atoms with E-state index in [2.05, 4.69) is 6.07 Å². The van der Waals surface area contributed by atoms with Crippen molar-refractivity contribution in [2.24, 2.45) is 5.73 Å². The fourth-order valence-electron chi connectivity index (χ4n) is 2.61. The molecular weight excluding hydrogens is 238 g/mol. The summed E-state index contributed by atoms with van der Waals surface area (Å²) >= 11 is 0. The molecule has 0 amide bonds. The summed E-state index contributed by atoms with van der Waals surface area (Å²) < 4.78 is 5.41. The van der Waals surface area contributed by atoms with Crippen LogP contribution >= 0.6 is 0 Å². The van der Waals surface area contributed by atoms with E-state index in [1.54, 1.807) is 0 Å². The minimum atomic E-state index is -0.458. The SMILES string of the molecule is CC(C)(C)OC(=O)c1ccc2c(c1)C(CN)CCC2. The number of hydrogen-bond donors (Lipinski definition) is 1. The van der Waals surface area contributed by atoms with Gasteiger partial charge in [-0.2, -0.15) is 0 Å². The molecule has 0 bridgehead atoms. The largest absolute Gasteiger partial charge is 0.456 e. The van der Waals surface area contributed by atoms with Crippen molar-refractivity contribution >= 4 is 5.97 Å². The summed E-state index contributed by atoms with van der Waals surface area (Å²) in [6.45, 7) is 6.29. The Morgan fingerprint density at radius 3 is 2.79 bits per heavy atom. The molecule has 1 aliphatic carbocycles.